The molecule has 0 amide bonds. The molecular formula is C35H65O8P. The summed E-state index contributed by atoms with van der Waals surface area (Å²) >= 11 is 0. The van der Waals surface area contributed by atoms with Gasteiger partial charge in [0.15, 0.2) is 6.10 Å². The molecule has 0 heterocycles. The van der Waals surface area contributed by atoms with E-state index in [9.17, 15) is 19.0 Å². The SMILES string of the molecule is CCCCC/C=C\CCCCCCCC(=O)OCC(COP(=O)(O)OCC)OC(=O)CCCCCCC/C=C\CCCCC. The normalized spacial score (nSPS) is 13.8. The summed E-state index contributed by atoms with van der Waals surface area (Å²) in [6, 6.07) is 0. The van der Waals surface area contributed by atoms with E-state index in [-0.39, 0.29) is 32.0 Å². The van der Waals surface area contributed by atoms with Gasteiger partial charge in [-0.2, -0.15) is 0 Å². The predicted molar refractivity (Wildman–Crippen MR) is 179 cm³/mol. The number of phosphoric acid groups is 1. The maximum absolute atomic E-state index is 12.4. The van der Waals surface area contributed by atoms with Crippen molar-refractivity contribution in [3.05, 3.63) is 24.3 Å². The van der Waals surface area contributed by atoms with Crippen LogP contribution in [-0.2, 0) is 32.7 Å². The van der Waals surface area contributed by atoms with Gasteiger partial charge >= 0.3 is 19.8 Å². The van der Waals surface area contributed by atoms with E-state index in [1.165, 1.54) is 51.4 Å². The van der Waals surface area contributed by atoms with E-state index < -0.39 is 26.5 Å². The van der Waals surface area contributed by atoms with E-state index in [0.717, 1.165) is 70.6 Å². The van der Waals surface area contributed by atoms with E-state index in [2.05, 4.69) is 38.2 Å². The number of carbonyl (C=O) groups is 2. The average molecular weight is 645 g/mol. The molecule has 0 aromatic rings. The van der Waals surface area contributed by atoms with Crippen LogP contribution in [0.3, 0.4) is 0 Å². The standard InChI is InChI=1S/C35H65O8P/c1-4-7-9-11-13-15-17-19-21-23-25-27-29-34(36)40-31-33(32-42-44(38,39)41-6-3)43-35(37)30-28-26-24-22-20-18-16-14-12-10-8-5-2/h13-16,33H,4-12,17-32H2,1-3H3,(H,38,39)/b15-13-,16-14-. The summed E-state index contributed by atoms with van der Waals surface area (Å²) < 4.78 is 32.4. The highest BCUT2D eigenvalue weighted by molar-refractivity contribution is 7.47. The lowest BCUT2D eigenvalue weighted by Crippen LogP contribution is -2.29. The monoisotopic (exact) mass is 644 g/mol. The van der Waals surface area contributed by atoms with Crippen molar-refractivity contribution in [1.82, 2.24) is 0 Å². The van der Waals surface area contributed by atoms with Gasteiger partial charge in [0, 0.05) is 12.8 Å². The second-order valence-electron chi connectivity index (χ2n) is 11.5. The molecule has 258 valence electrons. The zero-order chi connectivity index (χ0) is 32.6. The molecule has 0 fully saturated rings. The van der Waals surface area contributed by atoms with Crippen molar-refractivity contribution in [2.75, 3.05) is 19.8 Å². The van der Waals surface area contributed by atoms with Crippen LogP contribution >= 0.6 is 7.82 Å². The molecule has 0 aliphatic carbocycles. The van der Waals surface area contributed by atoms with Gasteiger partial charge in [-0.25, -0.2) is 4.57 Å². The fourth-order valence-corrected chi connectivity index (χ4v) is 5.37. The number of unbranched alkanes of at least 4 members (excludes halogenated alkanes) is 16. The Balaban J connectivity index is 4.22. The summed E-state index contributed by atoms with van der Waals surface area (Å²) in [5, 5.41) is 0. The Kier molecular flexibility index (Phi) is 30.5. The Hall–Kier alpha value is -1.47. The molecule has 1 N–H and O–H groups in total. The van der Waals surface area contributed by atoms with Gasteiger partial charge in [-0.1, -0.05) is 102 Å². The molecule has 0 rings (SSSR count). The molecule has 0 aliphatic heterocycles. The zero-order valence-electron chi connectivity index (χ0n) is 28.3. The van der Waals surface area contributed by atoms with Gasteiger partial charge in [0.1, 0.15) is 6.61 Å². The second kappa shape index (κ2) is 31.5. The van der Waals surface area contributed by atoms with E-state index in [1.807, 2.05) is 0 Å². The number of phosphoric ester groups is 1. The van der Waals surface area contributed by atoms with E-state index in [0.29, 0.717) is 6.42 Å². The van der Waals surface area contributed by atoms with Crippen molar-refractivity contribution in [3.8, 4) is 0 Å². The van der Waals surface area contributed by atoms with Crippen LogP contribution in [0.5, 0.6) is 0 Å². The van der Waals surface area contributed by atoms with Crippen LogP contribution in [0.4, 0.5) is 0 Å². The van der Waals surface area contributed by atoms with Crippen molar-refractivity contribution in [2.45, 2.75) is 168 Å². The minimum absolute atomic E-state index is 0.00177. The number of hydrogen-bond donors (Lipinski definition) is 1. The van der Waals surface area contributed by atoms with Crippen LogP contribution in [0.25, 0.3) is 0 Å². The number of rotatable bonds is 32. The fraction of sp³-hybridized carbons (Fsp3) is 0.829. The highest BCUT2D eigenvalue weighted by Gasteiger charge is 2.25. The van der Waals surface area contributed by atoms with Crippen LogP contribution in [0.15, 0.2) is 24.3 Å². The Bertz CT molecular complexity index is 783. The quantitative estimate of drug-likeness (QED) is 0.0333. The lowest BCUT2D eigenvalue weighted by molar-refractivity contribution is -0.161. The van der Waals surface area contributed by atoms with Crippen LogP contribution in [0.2, 0.25) is 0 Å². The van der Waals surface area contributed by atoms with Crippen molar-refractivity contribution >= 4 is 19.8 Å². The first-order chi connectivity index (χ1) is 21.3. The molecule has 2 atom stereocenters. The topological polar surface area (TPSA) is 108 Å². The van der Waals surface area contributed by atoms with E-state index in [1.54, 1.807) is 6.92 Å². The molecule has 0 spiro atoms. The lowest BCUT2D eigenvalue weighted by Gasteiger charge is -2.19. The summed E-state index contributed by atoms with van der Waals surface area (Å²) in [5.74, 6) is -0.821. The van der Waals surface area contributed by atoms with Crippen molar-refractivity contribution in [3.63, 3.8) is 0 Å². The Labute approximate surface area is 269 Å². The summed E-state index contributed by atoms with van der Waals surface area (Å²) in [7, 11) is -4.27. The molecule has 0 aliphatic rings. The Morgan fingerprint density at radius 3 is 1.50 bits per heavy atom. The van der Waals surface area contributed by atoms with Gasteiger partial charge in [0.05, 0.1) is 13.2 Å². The molecule has 0 saturated carbocycles. The summed E-state index contributed by atoms with van der Waals surface area (Å²) in [4.78, 5) is 34.4. The zero-order valence-corrected chi connectivity index (χ0v) is 29.2. The minimum atomic E-state index is -4.27. The molecule has 9 heteroatoms. The van der Waals surface area contributed by atoms with E-state index in [4.69, 9.17) is 18.5 Å². The number of esters is 2. The number of ether oxygens (including phenoxy) is 2. The van der Waals surface area contributed by atoms with Crippen molar-refractivity contribution in [1.29, 1.82) is 0 Å². The third-order valence-corrected chi connectivity index (χ3v) is 8.29. The smallest absolute Gasteiger partial charge is 0.462 e. The molecule has 0 aromatic carbocycles. The van der Waals surface area contributed by atoms with Gasteiger partial charge in [-0.3, -0.25) is 18.6 Å². The Morgan fingerprint density at radius 1 is 0.591 bits per heavy atom. The minimum Gasteiger partial charge on any atom is -0.462 e. The average Bonchev–Trinajstić information content (AvgIpc) is 2.99. The van der Waals surface area contributed by atoms with Gasteiger partial charge < -0.3 is 14.4 Å². The summed E-state index contributed by atoms with van der Waals surface area (Å²) in [6.07, 6.45) is 30.9. The van der Waals surface area contributed by atoms with Crippen molar-refractivity contribution < 1.29 is 37.6 Å². The first kappa shape index (κ1) is 42.5. The third kappa shape index (κ3) is 30.6. The number of hydrogen-bond acceptors (Lipinski definition) is 7. The molecule has 0 radical (unpaired) electrons. The van der Waals surface area contributed by atoms with Crippen LogP contribution < -0.4 is 0 Å². The molecule has 0 bridgehead atoms. The third-order valence-electron chi connectivity index (χ3n) is 7.23. The van der Waals surface area contributed by atoms with Gasteiger partial charge in [-0.15, -0.1) is 0 Å². The largest absolute Gasteiger partial charge is 0.472 e. The molecular weight excluding hydrogens is 579 g/mol. The highest BCUT2D eigenvalue weighted by atomic mass is 31.2. The Morgan fingerprint density at radius 2 is 1.02 bits per heavy atom. The fourth-order valence-electron chi connectivity index (χ4n) is 4.62. The lowest BCUT2D eigenvalue weighted by atomic mass is 10.1. The van der Waals surface area contributed by atoms with Gasteiger partial charge in [0.25, 0.3) is 0 Å². The molecule has 44 heavy (non-hydrogen) atoms. The van der Waals surface area contributed by atoms with Crippen LogP contribution in [0, 0.1) is 0 Å². The van der Waals surface area contributed by atoms with E-state index >= 15 is 0 Å². The van der Waals surface area contributed by atoms with Gasteiger partial charge in [0.2, 0.25) is 0 Å². The highest BCUT2D eigenvalue weighted by Crippen LogP contribution is 2.43. The molecule has 8 nitrogen and oxygen atoms in total. The van der Waals surface area contributed by atoms with Crippen LogP contribution in [-0.4, -0.2) is 42.8 Å². The second-order valence-corrected chi connectivity index (χ2v) is 13.0. The predicted octanol–water partition coefficient (Wildman–Crippen LogP) is 10.3. The van der Waals surface area contributed by atoms with Gasteiger partial charge in [-0.05, 0) is 71.1 Å². The molecule has 0 aromatic heterocycles. The molecule has 0 saturated heterocycles. The first-order valence-electron chi connectivity index (χ1n) is 17.6. The first-order valence-corrected chi connectivity index (χ1v) is 19.1. The number of allylic oxidation sites excluding steroid dienone is 4. The van der Waals surface area contributed by atoms with Crippen molar-refractivity contribution in [2.24, 2.45) is 0 Å². The maximum Gasteiger partial charge on any atom is 0.472 e. The van der Waals surface area contributed by atoms with Crippen LogP contribution in [0.1, 0.15) is 162 Å². The maximum atomic E-state index is 12.4. The summed E-state index contributed by atoms with van der Waals surface area (Å²) in [5.41, 5.74) is 0. The molecule has 2 unspecified atom stereocenters. The summed E-state index contributed by atoms with van der Waals surface area (Å²) in [6.45, 7) is 5.38. The number of carbonyl (C=O) groups excluding carboxylic acids is 2.